The number of aromatic nitrogens is 5. The van der Waals surface area contributed by atoms with Gasteiger partial charge < -0.3 is 14.2 Å². The molecule has 4 rings (SSSR count). The van der Waals surface area contributed by atoms with Crippen molar-refractivity contribution >= 4 is 23.4 Å². The molecule has 1 amide bonds. The molecule has 0 unspecified atom stereocenters. The van der Waals surface area contributed by atoms with E-state index in [1.54, 1.807) is 0 Å². The van der Waals surface area contributed by atoms with E-state index in [2.05, 4.69) is 21.4 Å². The lowest BCUT2D eigenvalue weighted by Crippen LogP contribution is -2.36. The van der Waals surface area contributed by atoms with Gasteiger partial charge >= 0.3 is 0 Å². The zero-order valence-corrected chi connectivity index (χ0v) is 18.4. The third kappa shape index (κ3) is 3.94. The summed E-state index contributed by atoms with van der Waals surface area (Å²) in [5.41, 5.74) is 3.07. The molecule has 9 heteroatoms. The molecule has 0 saturated carbocycles. The highest BCUT2D eigenvalue weighted by Gasteiger charge is 2.24. The highest BCUT2D eigenvalue weighted by Crippen LogP contribution is 2.31. The number of carbonyl (C=O) groups is 1. The van der Waals surface area contributed by atoms with Crippen molar-refractivity contribution in [2.75, 3.05) is 23.8 Å². The van der Waals surface area contributed by atoms with Crippen LogP contribution in [0.15, 0.2) is 35.6 Å². The van der Waals surface area contributed by atoms with Gasteiger partial charge in [-0.15, -0.1) is 15.3 Å². The minimum Gasteiger partial charge on any atom is -0.476 e. The summed E-state index contributed by atoms with van der Waals surface area (Å²) >= 11 is 1.40. The molecular weight excluding hydrogens is 400 g/mol. The van der Waals surface area contributed by atoms with Crippen LogP contribution < -0.4 is 9.64 Å². The van der Waals surface area contributed by atoms with Gasteiger partial charge in [0.2, 0.25) is 11.8 Å². The number of nitrogens with zero attached hydrogens (tertiary/aromatic N) is 6. The number of para-hydroxylation sites is 1. The van der Waals surface area contributed by atoms with Crippen LogP contribution in [0, 0.1) is 0 Å². The third-order valence-corrected chi connectivity index (χ3v) is 6.15. The van der Waals surface area contributed by atoms with Crippen molar-refractivity contribution in [3.05, 3.63) is 36.0 Å². The molecular formula is C21H26N6O2S. The summed E-state index contributed by atoms with van der Waals surface area (Å²) in [4.78, 5) is 14.8. The number of fused-ring (bicyclic) bond motifs is 1. The number of hydrogen-bond donors (Lipinski definition) is 0. The predicted molar refractivity (Wildman–Crippen MR) is 117 cm³/mol. The molecule has 0 aliphatic carbocycles. The Kier molecular flexibility index (Phi) is 6.08. The van der Waals surface area contributed by atoms with Crippen LogP contribution in [0.5, 0.6) is 5.88 Å². The number of aryl methyl sites for hydroxylation is 2. The minimum atomic E-state index is 0.0884. The van der Waals surface area contributed by atoms with Crippen LogP contribution in [0.2, 0.25) is 0 Å². The topological polar surface area (TPSA) is 78.1 Å². The number of benzene rings is 1. The molecule has 2 aromatic heterocycles. The van der Waals surface area contributed by atoms with Gasteiger partial charge in [0.25, 0.3) is 0 Å². The van der Waals surface area contributed by atoms with Crippen molar-refractivity contribution in [1.82, 2.24) is 24.5 Å². The maximum atomic E-state index is 12.9. The molecule has 0 atom stereocenters. The zero-order chi connectivity index (χ0) is 21.1. The van der Waals surface area contributed by atoms with Crippen molar-refractivity contribution in [3.8, 4) is 17.3 Å². The van der Waals surface area contributed by atoms with E-state index in [1.807, 2.05) is 59.4 Å². The Morgan fingerprint density at radius 3 is 2.87 bits per heavy atom. The van der Waals surface area contributed by atoms with Gasteiger partial charge in [-0.25, -0.2) is 0 Å². The summed E-state index contributed by atoms with van der Waals surface area (Å²) in [5.74, 6) is 1.63. The molecule has 1 aromatic carbocycles. The summed E-state index contributed by atoms with van der Waals surface area (Å²) in [6, 6.07) is 8.14. The third-order valence-electron chi connectivity index (χ3n) is 5.14. The molecule has 1 aliphatic heterocycles. The molecule has 0 N–H and O–H groups in total. The van der Waals surface area contributed by atoms with E-state index in [0.29, 0.717) is 29.2 Å². The molecule has 3 heterocycles. The number of rotatable bonds is 7. The van der Waals surface area contributed by atoms with Gasteiger partial charge in [0.15, 0.2) is 11.0 Å². The quantitative estimate of drug-likeness (QED) is 0.540. The lowest BCUT2D eigenvalue weighted by molar-refractivity contribution is -0.116. The number of ether oxygens (including phenoxy) is 1. The largest absolute Gasteiger partial charge is 0.476 e. The first kappa shape index (κ1) is 20.5. The van der Waals surface area contributed by atoms with E-state index < -0.39 is 0 Å². The highest BCUT2D eigenvalue weighted by atomic mass is 32.2. The Morgan fingerprint density at radius 2 is 2.07 bits per heavy atom. The summed E-state index contributed by atoms with van der Waals surface area (Å²) in [6.45, 7) is 5.98. The summed E-state index contributed by atoms with van der Waals surface area (Å²) in [7, 11) is 1.90. The Bertz CT molecular complexity index is 1040. The summed E-state index contributed by atoms with van der Waals surface area (Å²) in [5, 5.41) is 13.8. The average Bonchev–Trinajstić information content (AvgIpc) is 3.34. The van der Waals surface area contributed by atoms with Crippen LogP contribution in [0.4, 0.5) is 5.69 Å². The maximum absolute atomic E-state index is 12.9. The van der Waals surface area contributed by atoms with Crippen LogP contribution in [-0.4, -0.2) is 49.4 Å². The van der Waals surface area contributed by atoms with Gasteiger partial charge in [-0.2, -0.15) is 0 Å². The zero-order valence-electron chi connectivity index (χ0n) is 17.5. The molecule has 0 bridgehead atoms. The van der Waals surface area contributed by atoms with Gasteiger partial charge in [0.1, 0.15) is 5.56 Å². The molecule has 158 valence electrons. The average molecular weight is 427 g/mol. The van der Waals surface area contributed by atoms with E-state index in [1.165, 1.54) is 17.3 Å². The van der Waals surface area contributed by atoms with Crippen molar-refractivity contribution in [2.45, 2.75) is 38.4 Å². The first-order chi connectivity index (χ1) is 14.6. The second kappa shape index (κ2) is 8.91. The Morgan fingerprint density at radius 1 is 1.23 bits per heavy atom. The fourth-order valence-corrected chi connectivity index (χ4v) is 4.42. The molecule has 0 fully saturated rings. The lowest BCUT2D eigenvalue weighted by Gasteiger charge is -2.29. The Hall–Kier alpha value is -2.81. The van der Waals surface area contributed by atoms with Crippen LogP contribution in [0.1, 0.15) is 25.8 Å². The van der Waals surface area contributed by atoms with Crippen molar-refractivity contribution in [3.63, 3.8) is 0 Å². The molecule has 0 saturated heterocycles. The number of amides is 1. The van der Waals surface area contributed by atoms with Gasteiger partial charge in [0.05, 0.1) is 12.4 Å². The molecule has 30 heavy (non-hydrogen) atoms. The van der Waals surface area contributed by atoms with Crippen molar-refractivity contribution in [1.29, 1.82) is 0 Å². The number of thioether (sulfide) groups is 1. The van der Waals surface area contributed by atoms with E-state index in [-0.39, 0.29) is 5.91 Å². The monoisotopic (exact) mass is 426 g/mol. The fourth-order valence-electron chi connectivity index (χ4n) is 3.63. The van der Waals surface area contributed by atoms with E-state index in [9.17, 15) is 4.79 Å². The van der Waals surface area contributed by atoms with E-state index >= 15 is 0 Å². The Labute approximate surface area is 180 Å². The van der Waals surface area contributed by atoms with E-state index in [4.69, 9.17) is 4.74 Å². The summed E-state index contributed by atoms with van der Waals surface area (Å²) < 4.78 is 9.38. The van der Waals surface area contributed by atoms with Crippen molar-refractivity contribution < 1.29 is 9.53 Å². The van der Waals surface area contributed by atoms with Crippen molar-refractivity contribution in [2.24, 2.45) is 7.05 Å². The Balaban J connectivity index is 1.49. The van der Waals surface area contributed by atoms with Gasteiger partial charge in [-0.05, 0) is 38.3 Å². The predicted octanol–water partition coefficient (Wildman–Crippen LogP) is 3.17. The molecule has 1 aliphatic rings. The van der Waals surface area contributed by atoms with Crippen LogP contribution in [-0.2, 0) is 24.8 Å². The lowest BCUT2D eigenvalue weighted by atomic mass is 10.0. The highest BCUT2D eigenvalue weighted by molar-refractivity contribution is 7.99. The minimum absolute atomic E-state index is 0.0884. The second-order valence-electron chi connectivity index (χ2n) is 7.07. The first-order valence-electron chi connectivity index (χ1n) is 10.2. The van der Waals surface area contributed by atoms with Gasteiger partial charge in [-0.3, -0.25) is 9.48 Å². The summed E-state index contributed by atoms with van der Waals surface area (Å²) in [6.07, 6.45) is 3.93. The fraction of sp³-hybridized carbons (Fsp3) is 0.429. The maximum Gasteiger partial charge on any atom is 0.243 e. The standard InChI is InChI=1S/C21H26N6O2S/c1-4-26-13-16(20(24-26)29-5-2)19-22-23-21(25(19)3)30-14-18(28)27-12-8-10-15-9-6-7-11-17(15)27/h6-7,9,11,13H,4-5,8,10,12,14H2,1-3H3. The van der Waals surface area contributed by atoms with Crippen LogP contribution in [0.25, 0.3) is 11.4 Å². The first-order valence-corrected chi connectivity index (χ1v) is 11.2. The molecule has 0 spiro atoms. The second-order valence-corrected chi connectivity index (χ2v) is 8.01. The molecule has 8 nitrogen and oxygen atoms in total. The smallest absolute Gasteiger partial charge is 0.243 e. The van der Waals surface area contributed by atoms with Gasteiger partial charge in [0, 0.05) is 32.0 Å². The van der Waals surface area contributed by atoms with Gasteiger partial charge in [-0.1, -0.05) is 30.0 Å². The van der Waals surface area contributed by atoms with Crippen LogP contribution >= 0.6 is 11.8 Å². The number of carbonyl (C=O) groups excluding carboxylic acids is 1. The number of anilines is 1. The normalized spacial score (nSPS) is 13.4. The van der Waals surface area contributed by atoms with Crippen LogP contribution in [0.3, 0.4) is 0 Å². The SMILES string of the molecule is CCOc1nn(CC)cc1-c1nnc(SCC(=O)N2CCCc3ccccc32)n1C. The molecule has 3 aromatic rings. The number of hydrogen-bond acceptors (Lipinski definition) is 6. The van der Waals surface area contributed by atoms with E-state index in [0.717, 1.165) is 37.2 Å². The molecule has 0 radical (unpaired) electrons.